The number of allylic oxidation sites excluding steroid dienone is 3. The molecule has 0 N–H and O–H groups in total. The fourth-order valence-electron chi connectivity index (χ4n) is 1.63. The van der Waals surface area contributed by atoms with Gasteiger partial charge < -0.3 is 0 Å². The number of thioether (sulfide) groups is 1. The van der Waals surface area contributed by atoms with E-state index in [1.165, 1.54) is 27.3 Å². The van der Waals surface area contributed by atoms with E-state index < -0.39 is 0 Å². The lowest BCUT2D eigenvalue weighted by atomic mass is 10.2. The summed E-state index contributed by atoms with van der Waals surface area (Å²) in [5.41, 5.74) is 3.81. The first-order valence-electron chi connectivity index (χ1n) is 6.14. The van der Waals surface area contributed by atoms with Crippen molar-refractivity contribution >= 4 is 11.8 Å². The predicted molar refractivity (Wildman–Crippen MR) is 79.6 cm³/mol. The highest BCUT2D eigenvalue weighted by Gasteiger charge is 2.04. The van der Waals surface area contributed by atoms with Gasteiger partial charge in [-0.1, -0.05) is 49.4 Å². The minimum absolute atomic E-state index is 1.13. The maximum absolute atomic E-state index is 3.97. The summed E-state index contributed by atoms with van der Waals surface area (Å²) in [7, 11) is 0. The standard InChI is InChI=1S/C16H22S/c1-6-7-15(10-12(2)3)17-16-11-13(4)8-9-14(16)5/h8-11H,2,6-7H2,1,3-5H3/b15-10-. The Kier molecular flexibility index (Phi) is 5.57. The van der Waals surface area contributed by atoms with Crippen LogP contribution in [-0.4, -0.2) is 0 Å². The molecule has 92 valence electrons. The van der Waals surface area contributed by atoms with Crippen molar-refractivity contribution in [3.63, 3.8) is 0 Å². The van der Waals surface area contributed by atoms with Crippen LogP contribution < -0.4 is 0 Å². The predicted octanol–water partition coefficient (Wildman–Crippen LogP) is 5.66. The summed E-state index contributed by atoms with van der Waals surface area (Å²) in [4.78, 5) is 2.78. The molecule has 0 spiro atoms. The first-order chi connectivity index (χ1) is 8.02. The molecule has 0 radical (unpaired) electrons. The Hall–Kier alpha value is -0.950. The van der Waals surface area contributed by atoms with Gasteiger partial charge in [-0.05, 0) is 55.4 Å². The molecule has 0 fully saturated rings. The second-order valence-corrected chi connectivity index (χ2v) is 5.75. The van der Waals surface area contributed by atoms with E-state index >= 15 is 0 Å². The van der Waals surface area contributed by atoms with E-state index in [4.69, 9.17) is 0 Å². The van der Waals surface area contributed by atoms with Gasteiger partial charge >= 0.3 is 0 Å². The van der Waals surface area contributed by atoms with Crippen molar-refractivity contribution in [3.8, 4) is 0 Å². The van der Waals surface area contributed by atoms with Gasteiger partial charge in [-0.2, -0.15) is 0 Å². The maximum Gasteiger partial charge on any atom is 0.0150 e. The molecule has 0 nitrogen and oxygen atoms in total. The maximum atomic E-state index is 3.97. The van der Waals surface area contributed by atoms with E-state index in [1.807, 2.05) is 11.8 Å². The molecule has 0 unspecified atom stereocenters. The van der Waals surface area contributed by atoms with Crippen molar-refractivity contribution in [1.82, 2.24) is 0 Å². The summed E-state index contributed by atoms with van der Waals surface area (Å²) in [6.07, 6.45) is 4.51. The molecule has 1 heteroatoms. The molecule has 1 rings (SSSR count). The first-order valence-corrected chi connectivity index (χ1v) is 6.95. The molecule has 0 aromatic heterocycles. The minimum Gasteiger partial charge on any atom is -0.0961 e. The van der Waals surface area contributed by atoms with Crippen LogP contribution in [0.5, 0.6) is 0 Å². The number of benzene rings is 1. The fourth-order valence-corrected chi connectivity index (χ4v) is 2.95. The zero-order chi connectivity index (χ0) is 12.8. The quantitative estimate of drug-likeness (QED) is 0.477. The summed E-state index contributed by atoms with van der Waals surface area (Å²) in [6, 6.07) is 6.63. The Morgan fingerprint density at radius 3 is 2.65 bits per heavy atom. The Balaban J connectivity index is 2.93. The molecular weight excluding hydrogens is 224 g/mol. The minimum atomic E-state index is 1.13. The average Bonchev–Trinajstić information content (AvgIpc) is 2.23. The molecule has 1 aromatic rings. The van der Waals surface area contributed by atoms with Gasteiger partial charge in [0.25, 0.3) is 0 Å². The number of hydrogen-bond acceptors (Lipinski definition) is 1. The highest BCUT2D eigenvalue weighted by atomic mass is 32.2. The average molecular weight is 246 g/mol. The molecule has 0 aliphatic heterocycles. The van der Waals surface area contributed by atoms with E-state index in [2.05, 4.69) is 58.5 Å². The largest absolute Gasteiger partial charge is 0.0961 e. The van der Waals surface area contributed by atoms with Crippen molar-refractivity contribution in [2.24, 2.45) is 0 Å². The molecule has 0 saturated heterocycles. The molecule has 0 bridgehead atoms. The molecule has 0 saturated carbocycles. The third kappa shape index (κ3) is 4.82. The van der Waals surface area contributed by atoms with Crippen LogP contribution in [0.2, 0.25) is 0 Å². The lowest BCUT2D eigenvalue weighted by Gasteiger charge is -2.10. The SMILES string of the molecule is C=C(C)/C=C(/CCC)Sc1cc(C)ccc1C. The zero-order valence-corrected chi connectivity index (χ0v) is 12.2. The third-order valence-electron chi connectivity index (χ3n) is 2.49. The van der Waals surface area contributed by atoms with Gasteiger partial charge in [-0.25, -0.2) is 0 Å². The number of rotatable bonds is 5. The van der Waals surface area contributed by atoms with Crippen LogP contribution in [0.4, 0.5) is 0 Å². The fraction of sp³-hybridized carbons (Fsp3) is 0.375. The van der Waals surface area contributed by atoms with Gasteiger partial charge in [-0.15, -0.1) is 0 Å². The van der Waals surface area contributed by atoms with Crippen LogP contribution >= 0.6 is 11.8 Å². The van der Waals surface area contributed by atoms with Crippen LogP contribution in [0.15, 0.2) is 46.2 Å². The van der Waals surface area contributed by atoms with Gasteiger partial charge in [0, 0.05) is 4.90 Å². The lowest BCUT2D eigenvalue weighted by molar-refractivity contribution is 0.945. The summed E-state index contributed by atoms with van der Waals surface area (Å²) in [5.74, 6) is 0. The van der Waals surface area contributed by atoms with Crippen molar-refractivity contribution in [2.75, 3.05) is 0 Å². The summed E-state index contributed by atoms with van der Waals surface area (Å²) in [5, 5.41) is 0. The van der Waals surface area contributed by atoms with Gasteiger partial charge in [0.1, 0.15) is 0 Å². The Bertz CT molecular complexity index is 427. The van der Waals surface area contributed by atoms with Crippen molar-refractivity contribution < 1.29 is 0 Å². The topological polar surface area (TPSA) is 0 Å². The van der Waals surface area contributed by atoms with Crippen LogP contribution in [0.25, 0.3) is 0 Å². The number of hydrogen-bond donors (Lipinski definition) is 0. The van der Waals surface area contributed by atoms with Crippen molar-refractivity contribution in [2.45, 2.75) is 45.4 Å². The zero-order valence-electron chi connectivity index (χ0n) is 11.3. The second kappa shape index (κ2) is 6.70. The Morgan fingerprint density at radius 2 is 2.06 bits per heavy atom. The molecule has 1 aromatic carbocycles. The number of aryl methyl sites for hydroxylation is 2. The van der Waals surface area contributed by atoms with Crippen LogP contribution in [-0.2, 0) is 0 Å². The van der Waals surface area contributed by atoms with E-state index in [1.54, 1.807) is 0 Å². The molecule has 0 amide bonds. The normalized spacial score (nSPS) is 11.6. The Morgan fingerprint density at radius 1 is 1.35 bits per heavy atom. The molecule has 0 heterocycles. The van der Waals surface area contributed by atoms with Crippen molar-refractivity contribution in [3.05, 3.63) is 52.5 Å². The highest BCUT2D eigenvalue weighted by Crippen LogP contribution is 2.33. The molecule has 0 aliphatic rings. The van der Waals surface area contributed by atoms with Gasteiger partial charge in [0.05, 0.1) is 0 Å². The van der Waals surface area contributed by atoms with Crippen LogP contribution in [0, 0.1) is 13.8 Å². The van der Waals surface area contributed by atoms with E-state index in [0.717, 1.165) is 12.0 Å². The molecule has 0 atom stereocenters. The van der Waals surface area contributed by atoms with Gasteiger partial charge in [0.2, 0.25) is 0 Å². The van der Waals surface area contributed by atoms with E-state index in [-0.39, 0.29) is 0 Å². The summed E-state index contributed by atoms with van der Waals surface area (Å²) >= 11 is 1.88. The molecule has 0 aliphatic carbocycles. The Labute approximate surface area is 110 Å². The molecule has 17 heavy (non-hydrogen) atoms. The summed E-state index contributed by atoms with van der Waals surface area (Å²) in [6.45, 7) is 12.6. The van der Waals surface area contributed by atoms with Gasteiger partial charge in [0.15, 0.2) is 0 Å². The first kappa shape index (κ1) is 14.1. The lowest BCUT2D eigenvalue weighted by Crippen LogP contribution is -1.84. The highest BCUT2D eigenvalue weighted by molar-refractivity contribution is 8.03. The third-order valence-corrected chi connectivity index (χ3v) is 3.73. The van der Waals surface area contributed by atoms with Crippen LogP contribution in [0.3, 0.4) is 0 Å². The van der Waals surface area contributed by atoms with Crippen LogP contribution in [0.1, 0.15) is 37.8 Å². The van der Waals surface area contributed by atoms with Crippen molar-refractivity contribution in [1.29, 1.82) is 0 Å². The second-order valence-electron chi connectivity index (χ2n) is 4.58. The summed E-state index contributed by atoms with van der Waals surface area (Å²) < 4.78 is 0. The van der Waals surface area contributed by atoms with E-state index in [9.17, 15) is 0 Å². The molecular formula is C16H22S. The van der Waals surface area contributed by atoms with Gasteiger partial charge in [-0.3, -0.25) is 0 Å². The smallest absolute Gasteiger partial charge is 0.0150 e. The monoisotopic (exact) mass is 246 g/mol. The van der Waals surface area contributed by atoms with E-state index in [0.29, 0.717) is 0 Å².